The van der Waals surface area contributed by atoms with Crippen LogP contribution in [0.4, 0.5) is 0 Å². The summed E-state index contributed by atoms with van der Waals surface area (Å²) in [5, 5.41) is 3.28. The van der Waals surface area contributed by atoms with Crippen LogP contribution < -0.4 is 5.32 Å². The first-order valence-corrected chi connectivity index (χ1v) is 7.02. The van der Waals surface area contributed by atoms with Gasteiger partial charge in [0.25, 0.3) is 0 Å². The lowest BCUT2D eigenvalue weighted by molar-refractivity contribution is 0.199. The summed E-state index contributed by atoms with van der Waals surface area (Å²) in [6.45, 7) is 3.16. The Bertz CT molecular complexity index is 513. The van der Waals surface area contributed by atoms with E-state index in [2.05, 4.69) is 49.1 Å². The SMILES string of the molecule is COCCNCc1cn(Cc2ccccc2Br)cn1. The Kier molecular flexibility index (Phi) is 5.57. The van der Waals surface area contributed by atoms with Gasteiger partial charge in [-0.25, -0.2) is 4.98 Å². The highest BCUT2D eigenvalue weighted by Crippen LogP contribution is 2.17. The minimum Gasteiger partial charge on any atom is -0.383 e. The van der Waals surface area contributed by atoms with Gasteiger partial charge >= 0.3 is 0 Å². The van der Waals surface area contributed by atoms with Crippen LogP contribution in [0.15, 0.2) is 41.3 Å². The molecule has 1 aromatic heterocycles. The molecular formula is C14H18BrN3O. The Morgan fingerprint density at radius 2 is 2.21 bits per heavy atom. The quantitative estimate of drug-likeness (QED) is 0.795. The molecule has 0 aliphatic heterocycles. The van der Waals surface area contributed by atoms with E-state index in [1.807, 2.05) is 18.5 Å². The maximum absolute atomic E-state index is 4.98. The molecule has 0 aliphatic rings. The molecule has 0 bridgehead atoms. The highest BCUT2D eigenvalue weighted by Gasteiger charge is 2.02. The van der Waals surface area contributed by atoms with Gasteiger partial charge in [-0.3, -0.25) is 0 Å². The smallest absolute Gasteiger partial charge is 0.0953 e. The zero-order chi connectivity index (χ0) is 13.5. The van der Waals surface area contributed by atoms with Gasteiger partial charge in [-0.1, -0.05) is 34.1 Å². The Labute approximate surface area is 121 Å². The van der Waals surface area contributed by atoms with E-state index >= 15 is 0 Å². The normalized spacial score (nSPS) is 10.8. The summed E-state index contributed by atoms with van der Waals surface area (Å²) in [6.07, 6.45) is 3.94. The van der Waals surface area contributed by atoms with E-state index in [-0.39, 0.29) is 0 Å². The summed E-state index contributed by atoms with van der Waals surface area (Å²) in [5.41, 5.74) is 2.29. The monoisotopic (exact) mass is 323 g/mol. The third-order valence-corrected chi connectivity index (χ3v) is 3.56. The molecule has 0 fully saturated rings. The molecule has 0 atom stereocenters. The Morgan fingerprint density at radius 3 is 3.00 bits per heavy atom. The fourth-order valence-corrected chi connectivity index (χ4v) is 2.21. The van der Waals surface area contributed by atoms with Crippen LogP contribution in [-0.4, -0.2) is 29.8 Å². The highest BCUT2D eigenvalue weighted by atomic mass is 79.9. The van der Waals surface area contributed by atoms with Crippen molar-refractivity contribution in [3.63, 3.8) is 0 Å². The minimum absolute atomic E-state index is 0.720. The number of aromatic nitrogens is 2. The van der Waals surface area contributed by atoms with E-state index in [0.29, 0.717) is 0 Å². The third-order valence-electron chi connectivity index (χ3n) is 2.79. The van der Waals surface area contributed by atoms with Gasteiger partial charge in [-0.2, -0.15) is 0 Å². The van der Waals surface area contributed by atoms with Crippen LogP contribution in [0.25, 0.3) is 0 Å². The molecular weight excluding hydrogens is 306 g/mol. The average Bonchev–Trinajstić information content (AvgIpc) is 2.85. The summed E-state index contributed by atoms with van der Waals surface area (Å²) in [6, 6.07) is 8.23. The topological polar surface area (TPSA) is 39.1 Å². The summed E-state index contributed by atoms with van der Waals surface area (Å²) in [4.78, 5) is 4.38. The molecule has 1 aromatic carbocycles. The second kappa shape index (κ2) is 7.43. The first kappa shape index (κ1) is 14.2. The van der Waals surface area contributed by atoms with E-state index < -0.39 is 0 Å². The van der Waals surface area contributed by atoms with Crippen LogP contribution in [0, 0.1) is 0 Å². The number of hydrogen-bond donors (Lipinski definition) is 1. The molecule has 4 nitrogen and oxygen atoms in total. The lowest BCUT2D eigenvalue weighted by Gasteiger charge is -2.04. The summed E-state index contributed by atoms with van der Waals surface area (Å²) in [7, 11) is 1.70. The maximum atomic E-state index is 4.98. The van der Waals surface area contributed by atoms with Gasteiger partial charge in [0.05, 0.1) is 18.6 Å². The zero-order valence-electron chi connectivity index (χ0n) is 11.0. The van der Waals surface area contributed by atoms with E-state index in [4.69, 9.17) is 4.74 Å². The Balaban J connectivity index is 1.89. The lowest BCUT2D eigenvalue weighted by atomic mass is 10.2. The van der Waals surface area contributed by atoms with Crippen molar-refractivity contribution in [3.8, 4) is 0 Å². The van der Waals surface area contributed by atoms with E-state index in [1.54, 1.807) is 7.11 Å². The molecule has 0 aliphatic carbocycles. The second-order valence-corrected chi connectivity index (χ2v) is 5.15. The molecule has 5 heteroatoms. The minimum atomic E-state index is 0.720. The van der Waals surface area contributed by atoms with Gasteiger partial charge in [-0.05, 0) is 11.6 Å². The standard InChI is InChI=1S/C14H18BrN3O/c1-19-7-6-16-8-13-10-18(11-17-13)9-12-4-2-3-5-14(12)15/h2-5,10-11,16H,6-9H2,1H3. The van der Waals surface area contributed by atoms with Crippen molar-refractivity contribution < 1.29 is 4.74 Å². The third kappa shape index (κ3) is 4.45. The van der Waals surface area contributed by atoms with Crippen LogP contribution >= 0.6 is 15.9 Å². The maximum Gasteiger partial charge on any atom is 0.0953 e. The predicted octanol–water partition coefficient (Wildman–Crippen LogP) is 2.43. The molecule has 0 unspecified atom stereocenters. The number of methoxy groups -OCH3 is 1. The van der Waals surface area contributed by atoms with Crippen LogP contribution in [0.1, 0.15) is 11.3 Å². The summed E-state index contributed by atoms with van der Waals surface area (Å²) >= 11 is 3.56. The van der Waals surface area contributed by atoms with Crippen LogP contribution in [0.3, 0.4) is 0 Å². The van der Waals surface area contributed by atoms with Gasteiger partial charge in [0.1, 0.15) is 0 Å². The van der Waals surface area contributed by atoms with Crippen molar-refractivity contribution in [2.75, 3.05) is 20.3 Å². The zero-order valence-corrected chi connectivity index (χ0v) is 12.6. The van der Waals surface area contributed by atoms with Gasteiger partial charge in [0, 0.05) is 37.4 Å². The van der Waals surface area contributed by atoms with Crippen molar-refractivity contribution in [1.29, 1.82) is 0 Å². The highest BCUT2D eigenvalue weighted by molar-refractivity contribution is 9.10. The largest absolute Gasteiger partial charge is 0.383 e. The molecule has 19 heavy (non-hydrogen) atoms. The fraction of sp³-hybridized carbons (Fsp3) is 0.357. The van der Waals surface area contributed by atoms with Gasteiger partial charge in [0.2, 0.25) is 0 Å². The molecule has 0 radical (unpaired) electrons. The number of rotatable bonds is 7. The molecule has 0 spiro atoms. The molecule has 102 valence electrons. The van der Waals surface area contributed by atoms with Crippen molar-refractivity contribution in [3.05, 3.63) is 52.5 Å². The first-order valence-electron chi connectivity index (χ1n) is 6.23. The van der Waals surface area contributed by atoms with E-state index in [0.717, 1.165) is 36.4 Å². The number of halogens is 1. The summed E-state index contributed by atoms with van der Waals surface area (Å²) < 4.78 is 8.20. The van der Waals surface area contributed by atoms with Crippen LogP contribution in [-0.2, 0) is 17.8 Å². The first-order chi connectivity index (χ1) is 9.29. The number of benzene rings is 1. The molecule has 2 aromatic rings. The van der Waals surface area contributed by atoms with E-state index in [1.165, 1.54) is 5.56 Å². The Morgan fingerprint density at radius 1 is 1.37 bits per heavy atom. The molecule has 2 rings (SSSR count). The molecule has 1 N–H and O–H groups in total. The van der Waals surface area contributed by atoms with Crippen molar-refractivity contribution in [1.82, 2.24) is 14.9 Å². The molecule has 0 saturated heterocycles. The number of nitrogens with zero attached hydrogens (tertiary/aromatic N) is 2. The molecule has 0 amide bonds. The molecule has 0 saturated carbocycles. The average molecular weight is 324 g/mol. The van der Waals surface area contributed by atoms with Crippen molar-refractivity contribution in [2.45, 2.75) is 13.1 Å². The lowest BCUT2D eigenvalue weighted by Crippen LogP contribution is -2.18. The van der Waals surface area contributed by atoms with Crippen LogP contribution in [0.2, 0.25) is 0 Å². The van der Waals surface area contributed by atoms with Gasteiger partial charge in [-0.15, -0.1) is 0 Å². The number of imidazole rings is 1. The Hall–Kier alpha value is -1.17. The number of hydrogen-bond acceptors (Lipinski definition) is 3. The number of ether oxygens (including phenoxy) is 1. The second-order valence-electron chi connectivity index (χ2n) is 4.30. The van der Waals surface area contributed by atoms with Crippen molar-refractivity contribution in [2.24, 2.45) is 0 Å². The summed E-state index contributed by atoms with van der Waals surface area (Å²) in [5.74, 6) is 0. The van der Waals surface area contributed by atoms with Crippen LogP contribution in [0.5, 0.6) is 0 Å². The predicted molar refractivity (Wildman–Crippen MR) is 79.1 cm³/mol. The van der Waals surface area contributed by atoms with Gasteiger partial charge in [0.15, 0.2) is 0 Å². The molecule has 1 heterocycles. The van der Waals surface area contributed by atoms with E-state index in [9.17, 15) is 0 Å². The number of nitrogens with one attached hydrogen (secondary N) is 1. The fourth-order valence-electron chi connectivity index (χ4n) is 1.80. The van der Waals surface area contributed by atoms with Crippen molar-refractivity contribution >= 4 is 15.9 Å². The van der Waals surface area contributed by atoms with Gasteiger partial charge < -0.3 is 14.6 Å².